The number of rotatable bonds is 3. The Hall–Kier alpha value is -3.87. The molecule has 0 aliphatic carbocycles. The number of aromatic nitrogens is 1. The lowest BCUT2D eigenvalue weighted by atomic mass is 9.97. The molecular weight excluding hydrogens is 380 g/mol. The van der Waals surface area contributed by atoms with Crippen molar-refractivity contribution in [3.8, 4) is 11.1 Å². The van der Waals surface area contributed by atoms with Crippen LogP contribution in [0.3, 0.4) is 0 Å². The van der Waals surface area contributed by atoms with Crippen LogP contribution >= 0.6 is 0 Å². The largest absolute Gasteiger partial charge is 0.465 e. The first-order chi connectivity index (χ1) is 14.4. The monoisotopic (exact) mass is 402 g/mol. The van der Waals surface area contributed by atoms with Gasteiger partial charge in [-0.05, 0) is 66.9 Å². The fraction of sp³-hybridized carbons (Fsp3) is 0.174. The van der Waals surface area contributed by atoms with E-state index in [1.165, 1.54) is 0 Å². The molecule has 7 nitrogen and oxygen atoms in total. The van der Waals surface area contributed by atoms with Gasteiger partial charge in [0.05, 0.1) is 23.8 Å². The molecule has 0 radical (unpaired) electrons. The highest BCUT2D eigenvalue weighted by atomic mass is 16.4. The molecule has 30 heavy (non-hydrogen) atoms. The Morgan fingerprint density at radius 2 is 1.80 bits per heavy atom. The predicted octanol–water partition coefficient (Wildman–Crippen LogP) is 4.95. The van der Waals surface area contributed by atoms with E-state index in [1.807, 2.05) is 44.2 Å². The zero-order valence-electron chi connectivity index (χ0n) is 16.7. The summed E-state index contributed by atoms with van der Waals surface area (Å²) < 4.78 is 0. The third kappa shape index (κ3) is 4.25. The maximum Gasteiger partial charge on any atom is 0.409 e. The summed E-state index contributed by atoms with van der Waals surface area (Å²) in [6.07, 6.45) is -0.895. The van der Waals surface area contributed by atoms with Crippen LogP contribution in [0, 0.1) is 13.8 Å². The van der Waals surface area contributed by atoms with E-state index in [0.717, 1.165) is 33.8 Å². The molecule has 1 atom stereocenters. The number of amides is 2. The molecule has 2 heterocycles. The first-order valence-corrected chi connectivity index (χ1v) is 9.63. The van der Waals surface area contributed by atoms with Gasteiger partial charge in [0, 0.05) is 17.1 Å². The average molecular weight is 402 g/mol. The van der Waals surface area contributed by atoms with Gasteiger partial charge >= 0.3 is 6.09 Å². The highest BCUT2D eigenvalue weighted by molar-refractivity contribution is 5.98. The Bertz CT molecular complexity index is 1120. The molecule has 0 saturated carbocycles. The van der Waals surface area contributed by atoms with E-state index in [4.69, 9.17) is 5.11 Å². The fourth-order valence-corrected chi connectivity index (χ4v) is 3.74. The van der Waals surface area contributed by atoms with Gasteiger partial charge in [-0.1, -0.05) is 18.2 Å². The van der Waals surface area contributed by atoms with Crippen LogP contribution in [0.5, 0.6) is 0 Å². The van der Waals surface area contributed by atoms with Gasteiger partial charge in [0.2, 0.25) is 5.91 Å². The molecule has 0 fully saturated rings. The number of fused-ring (bicyclic) bond motifs is 1. The molecule has 1 aliphatic rings. The van der Waals surface area contributed by atoms with Gasteiger partial charge in [0.15, 0.2) is 0 Å². The lowest BCUT2D eigenvalue weighted by Crippen LogP contribution is -2.15. The van der Waals surface area contributed by atoms with Crippen molar-refractivity contribution in [1.82, 2.24) is 4.98 Å². The number of carbonyl (C=O) groups excluding carboxylic acids is 1. The SMILES string of the molecule is Cc1cc(-c2cccc(C3CC(=O)Nc4cc(NC(=O)O)ccc4N3)c2)cc(C)n1. The van der Waals surface area contributed by atoms with Crippen molar-refractivity contribution in [2.45, 2.75) is 26.3 Å². The van der Waals surface area contributed by atoms with Crippen molar-refractivity contribution >= 4 is 29.1 Å². The molecule has 2 amide bonds. The zero-order chi connectivity index (χ0) is 21.3. The minimum Gasteiger partial charge on any atom is -0.465 e. The van der Waals surface area contributed by atoms with Crippen molar-refractivity contribution in [1.29, 1.82) is 0 Å². The highest BCUT2D eigenvalue weighted by Crippen LogP contribution is 2.35. The van der Waals surface area contributed by atoms with Gasteiger partial charge in [0.1, 0.15) is 0 Å². The van der Waals surface area contributed by atoms with Crippen LogP contribution in [0.2, 0.25) is 0 Å². The van der Waals surface area contributed by atoms with Crippen LogP contribution in [0.4, 0.5) is 21.9 Å². The quantitative estimate of drug-likeness (QED) is 0.496. The smallest absolute Gasteiger partial charge is 0.409 e. The van der Waals surface area contributed by atoms with Gasteiger partial charge in [-0.2, -0.15) is 0 Å². The second-order valence-corrected chi connectivity index (χ2v) is 7.40. The van der Waals surface area contributed by atoms with Gasteiger partial charge in [0.25, 0.3) is 0 Å². The van der Waals surface area contributed by atoms with Crippen molar-refractivity contribution < 1.29 is 14.7 Å². The maximum absolute atomic E-state index is 12.5. The minimum atomic E-state index is -1.15. The predicted molar refractivity (Wildman–Crippen MR) is 117 cm³/mol. The van der Waals surface area contributed by atoms with Gasteiger partial charge in [-0.15, -0.1) is 0 Å². The first kappa shape index (κ1) is 19.4. The zero-order valence-corrected chi connectivity index (χ0v) is 16.7. The second kappa shape index (κ2) is 7.87. The molecule has 4 N–H and O–H groups in total. The number of benzene rings is 2. The number of hydrogen-bond acceptors (Lipinski definition) is 4. The Morgan fingerprint density at radius 1 is 1.03 bits per heavy atom. The van der Waals surface area contributed by atoms with Crippen molar-refractivity contribution in [3.63, 3.8) is 0 Å². The summed E-state index contributed by atoms with van der Waals surface area (Å²) in [5.41, 5.74) is 6.75. The average Bonchev–Trinajstić information content (AvgIpc) is 2.84. The van der Waals surface area contributed by atoms with Crippen molar-refractivity contribution in [2.75, 3.05) is 16.0 Å². The molecule has 1 aromatic heterocycles. The van der Waals surface area contributed by atoms with Crippen LogP contribution in [-0.4, -0.2) is 22.1 Å². The molecule has 1 unspecified atom stereocenters. The van der Waals surface area contributed by atoms with E-state index < -0.39 is 6.09 Å². The fourth-order valence-electron chi connectivity index (χ4n) is 3.74. The normalized spacial score (nSPS) is 15.4. The van der Waals surface area contributed by atoms with Gasteiger partial charge in [-0.3, -0.25) is 15.1 Å². The summed E-state index contributed by atoms with van der Waals surface area (Å²) in [7, 11) is 0. The standard InChI is InChI=1S/C23H22N4O3/c1-13-8-17(9-14(2)24-13)15-4-3-5-16(10-15)20-12-22(28)27-21-11-18(25-23(29)30)6-7-19(21)26-20/h3-11,20,25-26H,12H2,1-2H3,(H,27,28)(H,29,30). The molecule has 0 spiro atoms. The number of carboxylic acid groups (broad SMARTS) is 1. The molecule has 2 aromatic carbocycles. The third-order valence-electron chi connectivity index (χ3n) is 4.97. The van der Waals surface area contributed by atoms with Crippen LogP contribution in [0.1, 0.15) is 29.4 Å². The summed E-state index contributed by atoms with van der Waals surface area (Å²) >= 11 is 0. The summed E-state index contributed by atoms with van der Waals surface area (Å²) in [6.45, 7) is 3.95. The third-order valence-corrected chi connectivity index (χ3v) is 4.97. The van der Waals surface area contributed by atoms with Gasteiger partial charge in [-0.25, -0.2) is 4.79 Å². The highest BCUT2D eigenvalue weighted by Gasteiger charge is 2.23. The summed E-state index contributed by atoms with van der Waals surface area (Å²) in [5, 5.41) is 17.5. The Morgan fingerprint density at radius 3 is 2.53 bits per heavy atom. The van der Waals surface area contributed by atoms with E-state index >= 15 is 0 Å². The number of nitrogens with zero attached hydrogens (tertiary/aromatic N) is 1. The van der Waals surface area contributed by atoms with E-state index in [2.05, 4.69) is 27.0 Å². The molecule has 0 saturated heterocycles. The second-order valence-electron chi connectivity index (χ2n) is 7.40. The summed E-state index contributed by atoms with van der Waals surface area (Å²) in [4.78, 5) is 27.8. The van der Waals surface area contributed by atoms with Crippen molar-refractivity contribution in [2.24, 2.45) is 0 Å². The lowest BCUT2D eigenvalue weighted by molar-refractivity contribution is -0.116. The van der Waals surface area contributed by atoms with Gasteiger partial charge < -0.3 is 15.7 Å². The molecular formula is C23H22N4O3. The van der Waals surface area contributed by atoms with E-state index in [1.54, 1.807) is 18.2 Å². The number of carbonyl (C=O) groups is 2. The van der Waals surface area contributed by atoms with E-state index in [-0.39, 0.29) is 18.4 Å². The molecule has 7 heteroatoms. The number of pyridine rings is 1. The summed E-state index contributed by atoms with van der Waals surface area (Å²) in [5.74, 6) is -0.139. The molecule has 0 bridgehead atoms. The topological polar surface area (TPSA) is 103 Å². The Kier molecular flexibility index (Phi) is 5.10. The van der Waals surface area contributed by atoms with E-state index in [9.17, 15) is 9.59 Å². The molecule has 4 rings (SSSR count). The molecule has 1 aliphatic heterocycles. The number of nitrogens with one attached hydrogen (secondary N) is 3. The number of hydrogen-bond donors (Lipinski definition) is 4. The lowest BCUT2D eigenvalue weighted by Gasteiger charge is -2.18. The van der Waals surface area contributed by atoms with Crippen LogP contribution in [-0.2, 0) is 4.79 Å². The Balaban J connectivity index is 1.66. The van der Waals surface area contributed by atoms with Crippen LogP contribution in [0.25, 0.3) is 11.1 Å². The van der Waals surface area contributed by atoms with Crippen molar-refractivity contribution in [3.05, 3.63) is 71.5 Å². The molecule has 152 valence electrons. The first-order valence-electron chi connectivity index (χ1n) is 9.63. The van der Waals surface area contributed by atoms with Crippen LogP contribution < -0.4 is 16.0 Å². The Labute approximate surface area is 174 Å². The van der Waals surface area contributed by atoms with Crippen LogP contribution in [0.15, 0.2) is 54.6 Å². The summed E-state index contributed by atoms with van der Waals surface area (Å²) in [6, 6.07) is 17.0. The molecule has 3 aromatic rings. The maximum atomic E-state index is 12.5. The minimum absolute atomic E-state index is 0.139. The number of aryl methyl sites for hydroxylation is 2. The number of anilines is 3. The van der Waals surface area contributed by atoms with E-state index in [0.29, 0.717) is 11.4 Å².